The Hall–Kier alpha value is -1.51. The molecule has 0 radical (unpaired) electrons. The SMILES string of the molecule is Cc1ccc(C)c(CC(=O)Nc2ccc(Cl)c(Cl)c2)c1. The van der Waals surface area contributed by atoms with Crippen molar-refractivity contribution in [1.82, 2.24) is 0 Å². The Kier molecular flexibility index (Phi) is 4.69. The van der Waals surface area contributed by atoms with E-state index < -0.39 is 0 Å². The molecule has 2 nitrogen and oxygen atoms in total. The zero-order valence-corrected chi connectivity index (χ0v) is 12.8. The Morgan fingerprint density at radius 3 is 2.50 bits per heavy atom. The topological polar surface area (TPSA) is 29.1 Å². The lowest BCUT2D eigenvalue weighted by Gasteiger charge is -2.09. The van der Waals surface area contributed by atoms with Crippen molar-refractivity contribution >= 4 is 34.8 Å². The van der Waals surface area contributed by atoms with E-state index in [-0.39, 0.29) is 5.91 Å². The fourth-order valence-electron chi connectivity index (χ4n) is 1.94. The number of carbonyl (C=O) groups is 1. The average Bonchev–Trinajstić information content (AvgIpc) is 2.38. The number of anilines is 1. The van der Waals surface area contributed by atoms with Crippen LogP contribution in [-0.2, 0) is 11.2 Å². The number of hydrogen-bond acceptors (Lipinski definition) is 1. The van der Waals surface area contributed by atoms with Gasteiger partial charge in [0.25, 0.3) is 0 Å². The maximum atomic E-state index is 12.1. The van der Waals surface area contributed by atoms with Crippen molar-refractivity contribution in [3.05, 3.63) is 63.1 Å². The molecule has 1 amide bonds. The third kappa shape index (κ3) is 3.75. The minimum absolute atomic E-state index is 0.0721. The van der Waals surface area contributed by atoms with Crippen molar-refractivity contribution in [1.29, 1.82) is 0 Å². The van der Waals surface area contributed by atoms with E-state index in [4.69, 9.17) is 23.2 Å². The van der Waals surface area contributed by atoms with Gasteiger partial charge in [0.2, 0.25) is 5.91 Å². The van der Waals surface area contributed by atoms with E-state index in [1.807, 2.05) is 32.0 Å². The highest BCUT2D eigenvalue weighted by Gasteiger charge is 2.08. The molecular formula is C16H15Cl2NO. The van der Waals surface area contributed by atoms with Gasteiger partial charge in [0.15, 0.2) is 0 Å². The molecule has 0 aliphatic heterocycles. The molecule has 0 atom stereocenters. The summed E-state index contributed by atoms with van der Waals surface area (Å²) in [5.74, 6) is -0.0721. The predicted octanol–water partition coefficient (Wildman–Crippen LogP) is 4.79. The molecule has 2 aromatic carbocycles. The molecule has 0 saturated carbocycles. The summed E-state index contributed by atoms with van der Waals surface area (Å²) in [5, 5.41) is 3.72. The Balaban J connectivity index is 2.09. The number of hydrogen-bond donors (Lipinski definition) is 1. The van der Waals surface area contributed by atoms with E-state index in [9.17, 15) is 4.79 Å². The number of benzene rings is 2. The molecule has 0 spiro atoms. The van der Waals surface area contributed by atoms with Crippen LogP contribution in [0.15, 0.2) is 36.4 Å². The van der Waals surface area contributed by atoms with Gasteiger partial charge in [-0.05, 0) is 43.2 Å². The second-order valence-electron chi connectivity index (χ2n) is 4.78. The van der Waals surface area contributed by atoms with Gasteiger partial charge in [0.1, 0.15) is 0 Å². The monoisotopic (exact) mass is 307 g/mol. The van der Waals surface area contributed by atoms with Gasteiger partial charge in [-0.3, -0.25) is 4.79 Å². The molecule has 4 heteroatoms. The highest BCUT2D eigenvalue weighted by molar-refractivity contribution is 6.42. The maximum Gasteiger partial charge on any atom is 0.228 e. The molecule has 0 bridgehead atoms. The van der Waals surface area contributed by atoms with Crippen LogP contribution in [-0.4, -0.2) is 5.91 Å². The Morgan fingerprint density at radius 1 is 1.05 bits per heavy atom. The smallest absolute Gasteiger partial charge is 0.228 e. The summed E-state index contributed by atoms with van der Waals surface area (Å²) in [7, 11) is 0. The van der Waals surface area contributed by atoms with Gasteiger partial charge in [0, 0.05) is 5.69 Å². The van der Waals surface area contributed by atoms with Crippen LogP contribution in [0.5, 0.6) is 0 Å². The van der Waals surface area contributed by atoms with E-state index >= 15 is 0 Å². The molecule has 104 valence electrons. The highest BCUT2D eigenvalue weighted by Crippen LogP contribution is 2.25. The largest absolute Gasteiger partial charge is 0.326 e. The first-order valence-electron chi connectivity index (χ1n) is 6.27. The van der Waals surface area contributed by atoms with Crippen LogP contribution < -0.4 is 5.32 Å². The molecule has 0 aromatic heterocycles. The normalized spacial score (nSPS) is 10.4. The molecule has 0 fully saturated rings. The summed E-state index contributed by atoms with van der Waals surface area (Å²) in [6.07, 6.45) is 0.341. The summed E-state index contributed by atoms with van der Waals surface area (Å²) in [5.41, 5.74) is 3.94. The Labute approximate surface area is 128 Å². The van der Waals surface area contributed by atoms with E-state index in [2.05, 4.69) is 5.32 Å². The fourth-order valence-corrected chi connectivity index (χ4v) is 2.24. The molecule has 0 aliphatic rings. The van der Waals surface area contributed by atoms with Crippen LogP contribution in [0.25, 0.3) is 0 Å². The van der Waals surface area contributed by atoms with Crippen LogP contribution in [0.3, 0.4) is 0 Å². The van der Waals surface area contributed by atoms with Gasteiger partial charge < -0.3 is 5.32 Å². The van der Waals surface area contributed by atoms with Gasteiger partial charge in [-0.25, -0.2) is 0 Å². The van der Waals surface area contributed by atoms with Crippen LogP contribution in [0.4, 0.5) is 5.69 Å². The lowest BCUT2D eigenvalue weighted by atomic mass is 10.0. The number of rotatable bonds is 3. The third-order valence-electron chi connectivity index (χ3n) is 3.06. The minimum Gasteiger partial charge on any atom is -0.326 e. The first-order valence-corrected chi connectivity index (χ1v) is 7.02. The van der Waals surface area contributed by atoms with E-state index in [0.717, 1.165) is 16.7 Å². The number of halogens is 2. The second-order valence-corrected chi connectivity index (χ2v) is 5.60. The summed E-state index contributed by atoms with van der Waals surface area (Å²) >= 11 is 11.8. The van der Waals surface area contributed by atoms with Gasteiger partial charge >= 0.3 is 0 Å². The number of carbonyl (C=O) groups excluding carboxylic acids is 1. The first-order chi connectivity index (χ1) is 9.45. The highest BCUT2D eigenvalue weighted by atomic mass is 35.5. The molecule has 0 aliphatic carbocycles. The molecule has 2 aromatic rings. The van der Waals surface area contributed by atoms with E-state index in [0.29, 0.717) is 22.2 Å². The van der Waals surface area contributed by atoms with Crippen LogP contribution in [0, 0.1) is 13.8 Å². The molecule has 0 saturated heterocycles. The van der Waals surface area contributed by atoms with Crippen LogP contribution >= 0.6 is 23.2 Å². The van der Waals surface area contributed by atoms with Crippen molar-refractivity contribution in [2.45, 2.75) is 20.3 Å². The zero-order valence-electron chi connectivity index (χ0n) is 11.3. The fraction of sp³-hybridized carbons (Fsp3) is 0.188. The molecule has 0 unspecified atom stereocenters. The average molecular weight is 308 g/mol. The summed E-state index contributed by atoms with van der Waals surface area (Å²) in [6.45, 7) is 4.01. The van der Waals surface area contributed by atoms with Gasteiger partial charge in [-0.2, -0.15) is 0 Å². The van der Waals surface area contributed by atoms with Crippen molar-refractivity contribution < 1.29 is 4.79 Å². The van der Waals surface area contributed by atoms with Gasteiger partial charge in [0.05, 0.1) is 16.5 Å². The van der Waals surface area contributed by atoms with Gasteiger partial charge in [-0.1, -0.05) is 47.0 Å². The minimum atomic E-state index is -0.0721. The molecule has 0 heterocycles. The van der Waals surface area contributed by atoms with Crippen LogP contribution in [0.1, 0.15) is 16.7 Å². The third-order valence-corrected chi connectivity index (χ3v) is 3.80. The predicted molar refractivity (Wildman–Crippen MR) is 84.7 cm³/mol. The number of nitrogens with one attached hydrogen (secondary N) is 1. The Morgan fingerprint density at radius 2 is 1.80 bits per heavy atom. The number of aryl methyl sites for hydroxylation is 2. The summed E-state index contributed by atoms with van der Waals surface area (Å²) in [6, 6.07) is 11.1. The molecule has 20 heavy (non-hydrogen) atoms. The summed E-state index contributed by atoms with van der Waals surface area (Å²) in [4.78, 5) is 12.1. The lowest BCUT2D eigenvalue weighted by Crippen LogP contribution is -2.15. The Bertz CT molecular complexity index is 653. The van der Waals surface area contributed by atoms with Crippen molar-refractivity contribution in [2.75, 3.05) is 5.32 Å². The second kappa shape index (κ2) is 6.29. The van der Waals surface area contributed by atoms with Crippen molar-refractivity contribution in [3.63, 3.8) is 0 Å². The lowest BCUT2D eigenvalue weighted by molar-refractivity contribution is -0.115. The summed E-state index contributed by atoms with van der Waals surface area (Å²) < 4.78 is 0. The molecular weight excluding hydrogens is 293 g/mol. The van der Waals surface area contributed by atoms with Gasteiger partial charge in [-0.15, -0.1) is 0 Å². The van der Waals surface area contributed by atoms with E-state index in [1.165, 1.54) is 0 Å². The standard InChI is InChI=1S/C16H15Cl2NO/c1-10-3-4-11(2)12(7-10)8-16(20)19-13-5-6-14(17)15(18)9-13/h3-7,9H,8H2,1-2H3,(H,19,20). The molecule has 2 rings (SSSR count). The first kappa shape index (κ1) is 14.9. The van der Waals surface area contributed by atoms with E-state index in [1.54, 1.807) is 18.2 Å². The van der Waals surface area contributed by atoms with Crippen molar-refractivity contribution in [3.8, 4) is 0 Å². The van der Waals surface area contributed by atoms with Crippen molar-refractivity contribution in [2.24, 2.45) is 0 Å². The maximum absolute atomic E-state index is 12.1. The number of amides is 1. The zero-order chi connectivity index (χ0) is 14.7. The quantitative estimate of drug-likeness (QED) is 0.867. The van der Waals surface area contributed by atoms with Crippen LogP contribution in [0.2, 0.25) is 10.0 Å². The molecule has 1 N–H and O–H groups in total.